The first-order valence-corrected chi connectivity index (χ1v) is 5.29. The Morgan fingerprint density at radius 1 is 1.44 bits per heavy atom. The Bertz CT molecular complexity index is 486. The highest BCUT2D eigenvalue weighted by atomic mass is 79.9. The fourth-order valence-electron chi connectivity index (χ4n) is 1.33. The molecule has 0 aliphatic rings. The molecule has 2 heterocycles. The van der Waals surface area contributed by atoms with Gasteiger partial charge < -0.3 is 14.3 Å². The van der Waals surface area contributed by atoms with Gasteiger partial charge in [0, 0.05) is 18.0 Å². The van der Waals surface area contributed by atoms with Crippen molar-refractivity contribution in [3.63, 3.8) is 0 Å². The van der Waals surface area contributed by atoms with Gasteiger partial charge in [-0.3, -0.25) is 4.98 Å². The van der Waals surface area contributed by atoms with Crippen LogP contribution in [0, 0.1) is 0 Å². The summed E-state index contributed by atoms with van der Waals surface area (Å²) in [5.74, 6) is 0.295. The molecular weight excluding hydrogens is 276 g/mol. The summed E-state index contributed by atoms with van der Waals surface area (Å²) in [4.78, 5) is 8.01. The van der Waals surface area contributed by atoms with E-state index in [0.717, 1.165) is 0 Å². The van der Waals surface area contributed by atoms with Crippen LogP contribution < -0.4 is 4.74 Å². The van der Waals surface area contributed by atoms with Gasteiger partial charge in [0.15, 0.2) is 4.67 Å². The second-order valence-corrected chi connectivity index (χ2v) is 3.72. The van der Waals surface area contributed by atoms with E-state index in [1.807, 2.05) is 0 Å². The van der Waals surface area contributed by atoms with E-state index in [-0.39, 0.29) is 0 Å². The van der Waals surface area contributed by atoms with Gasteiger partial charge in [0.1, 0.15) is 11.8 Å². The maximum atomic E-state index is 10.1. The van der Waals surface area contributed by atoms with E-state index < -0.39 is 6.10 Å². The molecule has 0 bridgehead atoms. The Morgan fingerprint density at radius 3 is 2.81 bits per heavy atom. The highest BCUT2D eigenvalue weighted by molar-refractivity contribution is 9.10. The van der Waals surface area contributed by atoms with Crippen LogP contribution in [0.2, 0.25) is 0 Å². The van der Waals surface area contributed by atoms with Crippen molar-refractivity contribution in [1.82, 2.24) is 9.97 Å². The average molecular weight is 285 g/mol. The molecule has 0 aromatic carbocycles. The predicted molar refractivity (Wildman–Crippen MR) is 59.1 cm³/mol. The molecule has 0 aliphatic carbocycles. The number of rotatable bonds is 3. The van der Waals surface area contributed by atoms with E-state index in [9.17, 15) is 5.11 Å². The van der Waals surface area contributed by atoms with E-state index in [1.165, 1.54) is 25.8 Å². The molecule has 0 aliphatic heterocycles. The second kappa shape index (κ2) is 4.63. The number of methoxy groups -OCH3 is 1. The molecule has 0 radical (unpaired) electrons. The molecule has 16 heavy (non-hydrogen) atoms. The molecule has 6 heteroatoms. The summed E-state index contributed by atoms with van der Waals surface area (Å²) in [6.45, 7) is 0. The largest absolute Gasteiger partial charge is 0.480 e. The van der Waals surface area contributed by atoms with Crippen molar-refractivity contribution in [2.45, 2.75) is 6.10 Å². The molecule has 2 rings (SSSR count). The second-order valence-electron chi connectivity index (χ2n) is 3.00. The zero-order valence-electron chi connectivity index (χ0n) is 8.42. The van der Waals surface area contributed by atoms with Gasteiger partial charge in [-0.15, -0.1) is 0 Å². The summed E-state index contributed by atoms with van der Waals surface area (Å²) < 4.78 is 10.5. The first-order chi connectivity index (χ1) is 7.74. The van der Waals surface area contributed by atoms with Gasteiger partial charge in [-0.25, -0.2) is 4.98 Å². The molecule has 0 amide bonds. The lowest BCUT2D eigenvalue weighted by Crippen LogP contribution is -2.05. The minimum Gasteiger partial charge on any atom is -0.480 e. The van der Waals surface area contributed by atoms with Crippen molar-refractivity contribution >= 4 is 15.9 Å². The van der Waals surface area contributed by atoms with Gasteiger partial charge in [-0.2, -0.15) is 0 Å². The highest BCUT2D eigenvalue weighted by Crippen LogP contribution is 2.31. The summed E-state index contributed by atoms with van der Waals surface area (Å²) in [6.07, 6.45) is 3.54. The molecular formula is C10H9BrN2O3. The number of furan rings is 1. The average Bonchev–Trinajstić information content (AvgIpc) is 2.74. The molecule has 0 fully saturated rings. The van der Waals surface area contributed by atoms with E-state index in [2.05, 4.69) is 25.9 Å². The number of aliphatic hydroxyl groups excluding tert-OH is 1. The summed E-state index contributed by atoms with van der Waals surface area (Å²) in [7, 11) is 1.48. The third kappa shape index (κ3) is 1.94. The van der Waals surface area contributed by atoms with Crippen LogP contribution in [-0.2, 0) is 0 Å². The van der Waals surface area contributed by atoms with Crippen molar-refractivity contribution in [1.29, 1.82) is 0 Å². The fourth-order valence-corrected chi connectivity index (χ4v) is 1.78. The Kier molecular flexibility index (Phi) is 3.21. The van der Waals surface area contributed by atoms with Crippen LogP contribution in [0.1, 0.15) is 17.4 Å². The van der Waals surface area contributed by atoms with Crippen molar-refractivity contribution in [3.05, 3.63) is 40.7 Å². The predicted octanol–water partition coefficient (Wildman–Crippen LogP) is 1.92. The molecule has 2 aromatic rings. The zero-order chi connectivity index (χ0) is 11.5. The number of aromatic nitrogens is 2. The Hall–Kier alpha value is -1.40. The number of hydrogen-bond donors (Lipinski definition) is 1. The molecule has 1 N–H and O–H groups in total. The smallest absolute Gasteiger partial charge is 0.238 e. The first kappa shape index (κ1) is 11.1. The minimum absolute atomic E-state index is 0.295. The van der Waals surface area contributed by atoms with Crippen LogP contribution in [0.3, 0.4) is 0 Å². The van der Waals surface area contributed by atoms with Crippen LogP contribution in [0.5, 0.6) is 5.88 Å². The maximum absolute atomic E-state index is 10.1. The molecule has 0 spiro atoms. The molecule has 2 aromatic heterocycles. The quantitative estimate of drug-likeness (QED) is 0.933. The summed E-state index contributed by atoms with van der Waals surface area (Å²) >= 11 is 3.19. The summed E-state index contributed by atoms with van der Waals surface area (Å²) in [5, 5.41) is 10.1. The first-order valence-electron chi connectivity index (χ1n) is 4.50. The van der Waals surface area contributed by atoms with Crippen molar-refractivity contribution in [2.75, 3.05) is 7.11 Å². The molecule has 0 saturated heterocycles. The van der Waals surface area contributed by atoms with Gasteiger partial charge >= 0.3 is 0 Å². The Labute approximate surface area is 100 Å². The standard InChI is InChI=1S/C10H9BrN2O3/c1-15-10-7(12-3-4-13-10)8(14)6-2-5-16-9(6)11/h2-5,8,14H,1H3. The molecule has 1 unspecified atom stereocenters. The van der Waals surface area contributed by atoms with Gasteiger partial charge in [0.25, 0.3) is 0 Å². The SMILES string of the molecule is COc1nccnc1C(O)c1ccoc1Br. The number of hydrogen-bond acceptors (Lipinski definition) is 5. The molecule has 84 valence electrons. The maximum Gasteiger partial charge on any atom is 0.238 e. The van der Waals surface area contributed by atoms with Gasteiger partial charge in [0.05, 0.1) is 13.4 Å². The Balaban J connectivity index is 2.41. The number of ether oxygens (including phenoxy) is 1. The summed E-state index contributed by atoms with van der Waals surface area (Å²) in [5.41, 5.74) is 0.936. The van der Waals surface area contributed by atoms with Gasteiger partial charge in [0.2, 0.25) is 5.88 Å². The van der Waals surface area contributed by atoms with E-state index in [4.69, 9.17) is 9.15 Å². The molecule has 1 atom stereocenters. The lowest BCUT2D eigenvalue weighted by Gasteiger charge is -2.11. The highest BCUT2D eigenvalue weighted by Gasteiger charge is 2.21. The summed E-state index contributed by atoms with van der Waals surface area (Å²) in [6, 6.07) is 1.66. The van der Waals surface area contributed by atoms with E-state index in [0.29, 0.717) is 21.8 Å². The van der Waals surface area contributed by atoms with E-state index in [1.54, 1.807) is 6.07 Å². The third-order valence-corrected chi connectivity index (χ3v) is 2.73. The lowest BCUT2D eigenvalue weighted by molar-refractivity contribution is 0.205. The van der Waals surface area contributed by atoms with Crippen molar-refractivity contribution < 1.29 is 14.3 Å². The molecule has 5 nitrogen and oxygen atoms in total. The Morgan fingerprint density at radius 2 is 2.19 bits per heavy atom. The number of halogens is 1. The number of nitrogens with zero attached hydrogens (tertiary/aromatic N) is 2. The van der Waals surface area contributed by atoms with Gasteiger partial charge in [-0.05, 0) is 22.0 Å². The van der Waals surface area contributed by atoms with Crippen LogP contribution >= 0.6 is 15.9 Å². The van der Waals surface area contributed by atoms with E-state index >= 15 is 0 Å². The topological polar surface area (TPSA) is 68.4 Å². The monoisotopic (exact) mass is 284 g/mol. The van der Waals surface area contributed by atoms with Crippen LogP contribution in [-0.4, -0.2) is 22.2 Å². The van der Waals surface area contributed by atoms with Crippen molar-refractivity contribution in [3.8, 4) is 5.88 Å². The minimum atomic E-state index is -0.934. The normalized spacial score (nSPS) is 12.4. The van der Waals surface area contributed by atoms with Gasteiger partial charge in [-0.1, -0.05) is 0 Å². The fraction of sp³-hybridized carbons (Fsp3) is 0.200. The zero-order valence-corrected chi connectivity index (χ0v) is 10.0. The van der Waals surface area contributed by atoms with Crippen LogP contribution in [0.15, 0.2) is 33.8 Å². The number of aliphatic hydroxyl groups is 1. The molecule has 0 saturated carbocycles. The lowest BCUT2D eigenvalue weighted by atomic mass is 10.1. The van der Waals surface area contributed by atoms with Crippen molar-refractivity contribution in [2.24, 2.45) is 0 Å². The third-order valence-electron chi connectivity index (χ3n) is 2.08. The van der Waals surface area contributed by atoms with Crippen LogP contribution in [0.25, 0.3) is 0 Å². The van der Waals surface area contributed by atoms with Crippen LogP contribution in [0.4, 0.5) is 0 Å².